The maximum Gasteiger partial charge on any atom is 0.141 e. The average molecular weight is 188 g/mol. The SMILES string of the molecule is CCC(N)c1ccc(F)c(Cl)c1. The second-order valence-corrected chi connectivity index (χ2v) is 3.10. The van der Waals surface area contributed by atoms with Crippen LogP contribution in [-0.2, 0) is 0 Å². The van der Waals surface area contributed by atoms with E-state index in [2.05, 4.69) is 0 Å². The second kappa shape index (κ2) is 3.87. The maximum atomic E-state index is 12.7. The Kier molecular flexibility index (Phi) is 3.06. The predicted molar refractivity (Wildman–Crippen MR) is 48.6 cm³/mol. The van der Waals surface area contributed by atoms with Crippen molar-refractivity contribution in [3.8, 4) is 0 Å². The molecule has 0 aliphatic rings. The number of nitrogens with two attached hydrogens (primary N) is 1. The van der Waals surface area contributed by atoms with Crippen LogP contribution in [0.25, 0.3) is 0 Å². The molecule has 0 heterocycles. The Morgan fingerprint density at radius 1 is 1.58 bits per heavy atom. The van der Waals surface area contributed by atoms with E-state index in [-0.39, 0.29) is 11.1 Å². The summed E-state index contributed by atoms with van der Waals surface area (Å²) in [7, 11) is 0. The Hall–Kier alpha value is -0.600. The summed E-state index contributed by atoms with van der Waals surface area (Å²) in [6.07, 6.45) is 0.821. The van der Waals surface area contributed by atoms with Gasteiger partial charge in [-0.25, -0.2) is 4.39 Å². The van der Waals surface area contributed by atoms with Crippen molar-refractivity contribution in [2.24, 2.45) is 5.73 Å². The topological polar surface area (TPSA) is 26.0 Å². The van der Waals surface area contributed by atoms with Gasteiger partial charge in [-0.2, -0.15) is 0 Å². The second-order valence-electron chi connectivity index (χ2n) is 2.69. The molecule has 1 aromatic carbocycles. The Balaban J connectivity index is 2.96. The molecular formula is C9H11ClFN. The van der Waals surface area contributed by atoms with Crippen LogP contribution < -0.4 is 5.73 Å². The summed E-state index contributed by atoms with van der Waals surface area (Å²) in [5, 5.41) is 0.136. The molecule has 1 unspecified atom stereocenters. The first-order valence-corrected chi connectivity index (χ1v) is 4.23. The van der Waals surface area contributed by atoms with Gasteiger partial charge in [0.2, 0.25) is 0 Å². The highest BCUT2D eigenvalue weighted by atomic mass is 35.5. The third-order valence-electron chi connectivity index (χ3n) is 1.81. The first kappa shape index (κ1) is 9.49. The largest absolute Gasteiger partial charge is 0.324 e. The van der Waals surface area contributed by atoms with Gasteiger partial charge in [-0.05, 0) is 24.1 Å². The molecule has 1 aromatic rings. The van der Waals surface area contributed by atoms with Crippen molar-refractivity contribution in [3.63, 3.8) is 0 Å². The first-order chi connectivity index (χ1) is 5.65. The molecule has 12 heavy (non-hydrogen) atoms. The fourth-order valence-corrected chi connectivity index (χ4v) is 1.17. The third kappa shape index (κ3) is 1.96. The first-order valence-electron chi connectivity index (χ1n) is 3.85. The number of rotatable bonds is 2. The predicted octanol–water partition coefficient (Wildman–Crippen LogP) is 2.89. The number of hydrogen-bond donors (Lipinski definition) is 1. The number of benzene rings is 1. The minimum Gasteiger partial charge on any atom is -0.324 e. The van der Waals surface area contributed by atoms with Crippen LogP contribution in [0.15, 0.2) is 18.2 Å². The number of hydrogen-bond acceptors (Lipinski definition) is 1. The van der Waals surface area contributed by atoms with Crippen LogP contribution in [0.1, 0.15) is 24.9 Å². The fourth-order valence-electron chi connectivity index (χ4n) is 0.979. The Labute approximate surface area is 76.3 Å². The molecular weight excluding hydrogens is 177 g/mol. The monoisotopic (exact) mass is 187 g/mol. The minimum absolute atomic E-state index is 0.0527. The Bertz CT molecular complexity index is 275. The maximum absolute atomic E-state index is 12.7. The zero-order valence-corrected chi connectivity index (χ0v) is 7.61. The van der Waals surface area contributed by atoms with Crippen LogP contribution in [0, 0.1) is 5.82 Å². The highest BCUT2D eigenvalue weighted by Crippen LogP contribution is 2.20. The number of halogens is 2. The molecule has 66 valence electrons. The lowest BCUT2D eigenvalue weighted by molar-refractivity contribution is 0.624. The summed E-state index contributed by atoms with van der Waals surface area (Å²) in [6.45, 7) is 1.97. The van der Waals surface area contributed by atoms with Crippen LogP contribution in [0.5, 0.6) is 0 Å². The molecule has 1 rings (SSSR count). The molecule has 3 heteroatoms. The standard InChI is InChI=1S/C9H11ClFN/c1-2-9(12)6-3-4-8(11)7(10)5-6/h3-5,9H,2,12H2,1H3. The summed E-state index contributed by atoms with van der Waals surface area (Å²) < 4.78 is 12.7. The molecule has 1 nitrogen and oxygen atoms in total. The van der Waals surface area contributed by atoms with Crippen molar-refractivity contribution >= 4 is 11.6 Å². The third-order valence-corrected chi connectivity index (χ3v) is 2.10. The lowest BCUT2D eigenvalue weighted by Crippen LogP contribution is -2.08. The van der Waals surface area contributed by atoms with Gasteiger partial charge in [0.05, 0.1) is 5.02 Å². The van der Waals surface area contributed by atoms with Crippen LogP contribution >= 0.6 is 11.6 Å². The Morgan fingerprint density at radius 3 is 2.75 bits per heavy atom. The summed E-state index contributed by atoms with van der Waals surface area (Å²) in [5.41, 5.74) is 6.61. The molecule has 0 aliphatic carbocycles. The molecule has 0 aliphatic heterocycles. The average Bonchev–Trinajstić information content (AvgIpc) is 2.08. The van der Waals surface area contributed by atoms with Crippen molar-refractivity contribution in [2.75, 3.05) is 0 Å². The van der Waals surface area contributed by atoms with Crippen molar-refractivity contribution < 1.29 is 4.39 Å². The van der Waals surface area contributed by atoms with E-state index in [0.29, 0.717) is 0 Å². The van der Waals surface area contributed by atoms with Gasteiger partial charge < -0.3 is 5.73 Å². The van der Waals surface area contributed by atoms with Gasteiger partial charge >= 0.3 is 0 Å². The summed E-state index contributed by atoms with van der Waals surface area (Å²) >= 11 is 5.58. The molecule has 0 aromatic heterocycles. The molecule has 0 saturated carbocycles. The van der Waals surface area contributed by atoms with Crippen LogP contribution in [0.4, 0.5) is 4.39 Å². The van der Waals surface area contributed by atoms with E-state index in [9.17, 15) is 4.39 Å². The van der Waals surface area contributed by atoms with Gasteiger partial charge in [-0.1, -0.05) is 24.6 Å². The quantitative estimate of drug-likeness (QED) is 0.757. The highest BCUT2D eigenvalue weighted by Gasteiger charge is 2.05. The van der Waals surface area contributed by atoms with Crippen LogP contribution in [0.2, 0.25) is 5.02 Å². The summed E-state index contributed by atoms with van der Waals surface area (Å²) in [6, 6.07) is 4.52. The molecule has 0 fully saturated rings. The normalized spacial score (nSPS) is 13.0. The summed E-state index contributed by atoms with van der Waals surface area (Å²) in [4.78, 5) is 0. The van der Waals surface area contributed by atoms with Crippen molar-refractivity contribution in [1.29, 1.82) is 0 Å². The zero-order valence-electron chi connectivity index (χ0n) is 6.85. The van der Waals surface area contributed by atoms with Crippen molar-refractivity contribution in [3.05, 3.63) is 34.6 Å². The lowest BCUT2D eigenvalue weighted by Gasteiger charge is -2.08. The molecule has 1 atom stereocenters. The molecule has 0 radical (unpaired) electrons. The molecule has 0 bridgehead atoms. The van der Waals surface area contributed by atoms with Gasteiger partial charge in [-0.15, -0.1) is 0 Å². The smallest absolute Gasteiger partial charge is 0.141 e. The molecule has 0 spiro atoms. The van der Waals surface area contributed by atoms with Gasteiger partial charge in [-0.3, -0.25) is 0 Å². The van der Waals surface area contributed by atoms with Gasteiger partial charge in [0.1, 0.15) is 5.82 Å². The van der Waals surface area contributed by atoms with Crippen molar-refractivity contribution in [1.82, 2.24) is 0 Å². The fraction of sp³-hybridized carbons (Fsp3) is 0.333. The highest BCUT2D eigenvalue weighted by molar-refractivity contribution is 6.30. The Morgan fingerprint density at radius 2 is 2.25 bits per heavy atom. The van der Waals surface area contributed by atoms with Crippen molar-refractivity contribution in [2.45, 2.75) is 19.4 Å². The molecule has 0 saturated heterocycles. The summed E-state index contributed by atoms with van der Waals surface area (Å²) in [5.74, 6) is -0.399. The van der Waals surface area contributed by atoms with E-state index in [1.807, 2.05) is 6.92 Å². The van der Waals surface area contributed by atoms with E-state index in [1.165, 1.54) is 6.07 Å². The van der Waals surface area contributed by atoms with E-state index >= 15 is 0 Å². The van der Waals surface area contributed by atoms with E-state index in [0.717, 1.165) is 12.0 Å². The zero-order chi connectivity index (χ0) is 9.14. The van der Waals surface area contributed by atoms with E-state index in [1.54, 1.807) is 12.1 Å². The van der Waals surface area contributed by atoms with Crippen LogP contribution in [0.3, 0.4) is 0 Å². The van der Waals surface area contributed by atoms with E-state index < -0.39 is 5.82 Å². The van der Waals surface area contributed by atoms with E-state index in [4.69, 9.17) is 17.3 Å². The molecule has 2 N–H and O–H groups in total. The van der Waals surface area contributed by atoms with Gasteiger partial charge in [0.25, 0.3) is 0 Å². The minimum atomic E-state index is -0.399. The van der Waals surface area contributed by atoms with Gasteiger partial charge in [0, 0.05) is 6.04 Å². The van der Waals surface area contributed by atoms with Crippen LogP contribution in [-0.4, -0.2) is 0 Å². The lowest BCUT2D eigenvalue weighted by atomic mass is 10.1. The molecule has 0 amide bonds. The van der Waals surface area contributed by atoms with Gasteiger partial charge in [0.15, 0.2) is 0 Å².